The summed E-state index contributed by atoms with van der Waals surface area (Å²) in [4.78, 5) is 43.0. The van der Waals surface area contributed by atoms with Crippen molar-refractivity contribution in [2.24, 2.45) is 0 Å². The summed E-state index contributed by atoms with van der Waals surface area (Å²) >= 11 is 2.01. The van der Waals surface area contributed by atoms with Gasteiger partial charge in [0.2, 0.25) is 15.7 Å². The molecule has 0 bridgehead atoms. The van der Waals surface area contributed by atoms with Crippen LogP contribution >= 0.6 is 24.1 Å². The number of imide groups is 1. The summed E-state index contributed by atoms with van der Waals surface area (Å²) in [5.74, 6) is -0.798. The first-order valence-corrected chi connectivity index (χ1v) is 23.0. The van der Waals surface area contributed by atoms with Crippen molar-refractivity contribution in [3.8, 4) is 0 Å². The molecule has 3 heterocycles. The van der Waals surface area contributed by atoms with Gasteiger partial charge in [0.05, 0.1) is 10.3 Å². The van der Waals surface area contributed by atoms with Crippen LogP contribution in [0.25, 0.3) is 0 Å². The molecule has 0 unspecified atom stereocenters. The molecule has 3 aliphatic rings. The van der Waals surface area contributed by atoms with Crippen LogP contribution < -0.4 is 4.90 Å². The van der Waals surface area contributed by atoms with E-state index in [2.05, 4.69) is 66.3 Å². The predicted octanol–water partition coefficient (Wildman–Crippen LogP) is 7.34. The molecule has 0 atom stereocenters. The number of rotatable bonds is 23. The van der Waals surface area contributed by atoms with Gasteiger partial charge in [0.25, 0.3) is 11.8 Å². The molecule has 0 aliphatic carbocycles. The Morgan fingerprint density at radius 1 is 0.869 bits per heavy atom. The molecule has 0 spiro atoms. The third kappa shape index (κ3) is 11.5. The Kier molecular flexibility index (Phi) is 17.1. The lowest BCUT2D eigenvalue weighted by molar-refractivity contribution is -0.438. The van der Waals surface area contributed by atoms with Crippen LogP contribution in [0.1, 0.15) is 77.3 Å². The number of carbonyl (C=O) groups excluding carboxylic acids is 3. The Balaban J connectivity index is 1.30. The summed E-state index contributed by atoms with van der Waals surface area (Å²) in [5.41, 5.74) is 5.38. The third-order valence-corrected chi connectivity index (χ3v) is 13.8. The standard InChI is InChI=1S/C42H52N4O12S3/c1-41(2)32-16-11-12-17-34(32)44(26-14-28-59-57-55-50)36(41)18-9-7-6-8-10-19-37-42(3,4)33-30-31(21-22-35(33)45(37)27-15-29-60-58-56-51)61(52,53)43(5)25-13-20-40(49)54-46-38(47)23-24-39(46)48/h6-12,16-19,21-22,30H,13-15,20,23-29H2,1-5H3,(H-,50,51)/p+1. The fraction of sp³-hybridized carbons (Fsp3) is 0.429. The van der Waals surface area contributed by atoms with Crippen molar-refractivity contribution in [2.75, 3.05) is 43.1 Å². The maximum Gasteiger partial charge on any atom is 0.333 e. The zero-order valence-corrected chi connectivity index (χ0v) is 37.3. The zero-order valence-electron chi connectivity index (χ0n) is 34.9. The first-order chi connectivity index (χ1) is 29.2. The Labute approximate surface area is 365 Å². The van der Waals surface area contributed by atoms with Crippen LogP contribution in [0.5, 0.6) is 0 Å². The minimum Gasteiger partial charge on any atom is -0.344 e. The molecule has 0 saturated carbocycles. The molecule has 19 heteroatoms. The molecular weight excluding hydrogens is 849 g/mol. The lowest BCUT2D eigenvalue weighted by Crippen LogP contribution is -2.32. The summed E-state index contributed by atoms with van der Waals surface area (Å²) in [6, 6.07) is 13.4. The Hall–Kier alpha value is -4.15. The number of anilines is 1. The summed E-state index contributed by atoms with van der Waals surface area (Å²) in [5, 5.41) is 24.9. The van der Waals surface area contributed by atoms with Crippen LogP contribution in [0.4, 0.5) is 11.4 Å². The molecule has 2 aromatic rings. The highest BCUT2D eigenvalue weighted by Crippen LogP contribution is 2.49. The van der Waals surface area contributed by atoms with Crippen LogP contribution in [0, 0.1) is 0 Å². The second-order valence-electron chi connectivity index (χ2n) is 15.4. The highest BCUT2D eigenvalue weighted by molar-refractivity contribution is 7.94. The van der Waals surface area contributed by atoms with Gasteiger partial charge in [0.15, 0.2) is 5.71 Å². The molecule has 2 aromatic carbocycles. The topological polar surface area (TPSA) is 185 Å². The van der Waals surface area contributed by atoms with Gasteiger partial charge in [-0.25, -0.2) is 28.0 Å². The van der Waals surface area contributed by atoms with Crippen LogP contribution in [-0.4, -0.2) is 94.6 Å². The number of hydrogen-bond donors (Lipinski definition) is 2. The van der Waals surface area contributed by atoms with Crippen molar-refractivity contribution >= 4 is 69.0 Å². The quantitative estimate of drug-likeness (QED) is 0.0215. The summed E-state index contributed by atoms with van der Waals surface area (Å²) in [6.45, 7) is 9.83. The Bertz CT molecular complexity index is 2170. The number of hydrogen-bond acceptors (Lipinski definition) is 15. The number of nitrogens with zero attached hydrogens (tertiary/aromatic N) is 4. The fourth-order valence-corrected chi connectivity index (χ4v) is 9.60. The summed E-state index contributed by atoms with van der Waals surface area (Å²) in [6.07, 6.45) is 15.3. The van der Waals surface area contributed by atoms with Crippen LogP contribution in [0.15, 0.2) is 95.6 Å². The average Bonchev–Trinajstić information content (AvgIpc) is 3.74. The molecule has 61 heavy (non-hydrogen) atoms. The maximum atomic E-state index is 13.8. The second-order valence-corrected chi connectivity index (χ2v) is 19.0. The van der Waals surface area contributed by atoms with Gasteiger partial charge in [-0.2, -0.15) is 4.58 Å². The lowest BCUT2D eigenvalue weighted by atomic mass is 9.81. The third-order valence-electron chi connectivity index (χ3n) is 10.8. The van der Waals surface area contributed by atoms with E-state index >= 15 is 0 Å². The highest BCUT2D eigenvalue weighted by Gasteiger charge is 2.44. The molecule has 0 aromatic heterocycles. The van der Waals surface area contributed by atoms with E-state index in [9.17, 15) is 22.8 Å². The van der Waals surface area contributed by atoms with E-state index in [1.807, 2.05) is 56.4 Å². The predicted molar refractivity (Wildman–Crippen MR) is 232 cm³/mol. The minimum atomic E-state index is -3.97. The van der Waals surface area contributed by atoms with E-state index in [0.29, 0.717) is 29.5 Å². The van der Waals surface area contributed by atoms with Gasteiger partial charge in [0, 0.05) is 116 Å². The number of sulfonamides is 1. The van der Waals surface area contributed by atoms with Gasteiger partial charge >= 0.3 is 5.97 Å². The first kappa shape index (κ1) is 47.9. The average molecular weight is 902 g/mol. The monoisotopic (exact) mass is 901 g/mol. The molecule has 16 nitrogen and oxygen atoms in total. The molecule has 330 valence electrons. The zero-order chi connectivity index (χ0) is 44.2. The summed E-state index contributed by atoms with van der Waals surface area (Å²) in [7, 11) is -2.53. The van der Waals surface area contributed by atoms with Gasteiger partial charge in [0.1, 0.15) is 6.54 Å². The van der Waals surface area contributed by atoms with Gasteiger partial charge in [-0.05, 0) is 56.5 Å². The number of fused-ring (bicyclic) bond motifs is 2. The van der Waals surface area contributed by atoms with E-state index in [1.165, 1.54) is 16.9 Å². The number of carbonyl (C=O) groups is 3. The SMILES string of the molecule is CN(CCCC(=O)ON1C(=O)CCC1=O)S(=O)(=O)c1ccc2c(c1)C(C)(C)\C(=C/C=C/C=C/C=C/C1=[N+](CCCSOOO)c3ccccc3C1(C)C)N2CCCSOOO. The number of para-hydroxylation sites is 1. The molecule has 2 N–H and O–H groups in total. The van der Waals surface area contributed by atoms with Crippen molar-refractivity contribution in [1.29, 1.82) is 0 Å². The van der Waals surface area contributed by atoms with E-state index in [1.54, 1.807) is 18.2 Å². The minimum absolute atomic E-state index is 0.00225. The first-order valence-electron chi connectivity index (χ1n) is 19.8. The molecule has 2 amide bonds. The van der Waals surface area contributed by atoms with Crippen LogP contribution in [0.3, 0.4) is 0 Å². The molecule has 1 fully saturated rings. The van der Waals surface area contributed by atoms with Gasteiger partial charge in [-0.3, -0.25) is 9.59 Å². The number of allylic oxidation sites excluding steroid dienone is 8. The van der Waals surface area contributed by atoms with Crippen LogP contribution in [0.2, 0.25) is 0 Å². The smallest absolute Gasteiger partial charge is 0.333 e. The van der Waals surface area contributed by atoms with E-state index in [4.69, 9.17) is 15.4 Å². The largest absolute Gasteiger partial charge is 0.344 e. The van der Waals surface area contributed by atoms with E-state index in [0.717, 1.165) is 65.4 Å². The molecule has 3 aliphatic heterocycles. The Morgan fingerprint density at radius 3 is 2.23 bits per heavy atom. The molecule has 5 rings (SSSR count). The van der Waals surface area contributed by atoms with E-state index < -0.39 is 33.2 Å². The van der Waals surface area contributed by atoms with Crippen molar-refractivity contribution < 1.29 is 61.5 Å². The lowest BCUT2D eigenvalue weighted by Gasteiger charge is -2.27. The van der Waals surface area contributed by atoms with Crippen molar-refractivity contribution in [1.82, 2.24) is 9.37 Å². The number of amides is 2. The molecular formula is C42H53N4O12S3+. The van der Waals surface area contributed by atoms with Crippen molar-refractivity contribution in [3.63, 3.8) is 0 Å². The Morgan fingerprint density at radius 2 is 1.52 bits per heavy atom. The van der Waals surface area contributed by atoms with Gasteiger partial charge < -0.3 is 9.74 Å². The van der Waals surface area contributed by atoms with Gasteiger partial charge in [-0.15, -0.1) is 13.7 Å². The van der Waals surface area contributed by atoms with E-state index in [-0.39, 0.29) is 42.5 Å². The highest BCUT2D eigenvalue weighted by atomic mass is 32.2. The van der Waals surface area contributed by atoms with Crippen LogP contribution in [-0.2, 0) is 58.8 Å². The summed E-state index contributed by atoms with van der Waals surface area (Å²) < 4.78 is 40.2. The second kappa shape index (κ2) is 21.8. The molecule has 0 radical (unpaired) electrons. The van der Waals surface area contributed by atoms with Crippen molar-refractivity contribution in [2.45, 2.75) is 81.9 Å². The fourth-order valence-electron chi connectivity index (χ4n) is 7.65. The molecule has 1 saturated heterocycles. The van der Waals surface area contributed by atoms with Crippen molar-refractivity contribution in [3.05, 3.63) is 102 Å². The number of benzene rings is 2. The van der Waals surface area contributed by atoms with Gasteiger partial charge in [-0.1, -0.05) is 72.5 Å². The number of hydroxylamine groups is 2. The maximum absolute atomic E-state index is 13.8. The normalized spacial score (nSPS) is 18.0.